The van der Waals surface area contributed by atoms with Crippen LogP contribution in [0.15, 0.2) is 58.7 Å². The van der Waals surface area contributed by atoms with Crippen molar-refractivity contribution in [1.82, 2.24) is 0 Å². The van der Waals surface area contributed by atoms with E-state index < -0.39 is 0 Å². The molecule has 0 spiro atoms. The van der Waals surface area contributed by atoms with Crippen molar-refractivity contribution in [3.63, 3.8) is 0 Å². The SMILES string of the molecule is CC(C=CC1=C(C)CCCC1(C)C)=CC=CC(C)=CCOC(=O)CC(C)C. The molecular formula is C25H38O2. The van der Waals surface area contributed by atoms with Crippen LogP contribution >= 0.6 is 0 Å². The minimum absolute atomic E-state index is 0.130. The van der Waals surface area contributed by atoms with Crippen molar-refractivity contribution in [2.45, 2.75) is 74.1 Å². The third kappa shape index (κ3) is 9.08. The van der Waals surface area contributed by atoms with E-state index in [-0.39, 0.29) is 11.4 Å². The van der Waals surface area contributed by atoms with Crippen molar-refractivity contribution in [2.24, 2.45) is 11.3 Å². The van der Waals surface area contributed by atoms with Crippen LogP contribution in [0, 0.1) is 11.3 Å². The van der Waals surface area contributed by atoms with Crippen molar-refractivity contribution in [2.75, 3.05) is 6.61 Å². The number of hydrogen-bond acceptors (Lipinski definition) is 2. The van der Waals surface area contributed by atoms with Gasteiger partial charge in [0.25, 0.3) is 0 Å². The fraction of sp³-hybridized carbons (Fsp3) is 0.560. The second-order valence-electron chi connectivity index (χ2n) is 8.76. The molecule has 1 aliphatic carbocycles. The van der Waals surface area contributed by atoms with Crippen LogP contribution < -0.4 is 0 Å². The second kappa shape index (κ2) is 11.1. The van der Waals surface area contributed by atoms with Crippen LogP contribution in [0.5, 0.6) is 0 Å². The number of carbonyl (C=O) groups is 1. The highest BCUT2D eigenvalue weighted by molar-refractivity contribution is 5.69. The lowest BCUT2D eigenvalue weighted by molar-refractivity contribution is -0.143. The van der Waals surface area contributed by atoms with Crippen molar-refractivity contribution in [3.05, 3.63) is 58.7 Å². The molecule has 0 radical (unpaired) electrons. The van der Waals surface area contributed by atoms with Crippen LogP contribution in [0.3, 0.4) is 0 Å². The van der Waals surface area contributed by atoms with Gasteiger partial charge in [-0.3, -0.25) is 4.79 Å². The zero-order valence-corrected chi connectivity index (χ0v) is 18.4. The van der Waals surface area contributed by atoms with Crippen LogP contribution in [0.4, 0.5) is 0 Å². The number of hydrogen-bond donors (Lipinski definition) is 0. The Hall–Kier alpha value is -1.83. The second-order valence-corrected chi connectivity index (χ2v) is 8.76. The monoisotopic (exact) mass is 370 g/mol. The molecule has 27 heavy (non-hydrogen) atoms. The highest BCUT2D eigenvalue weighted by Crippen LogP contribution is 2.40. The Morgan fingerprint density at radius 1 is 1.19 bits per heavy atom. The molecule has 0 bridgehead atoms. The Morgan fingerprint density at radius 3 is 2.52 bits per heavy atom. The van der Waals surface area contributed by atoms with Gasteiger partial charge in [0.15, 0.2) is 0 Å². The van der Waals surface area contributed by atoms with Gasteiger partial charge >= 0.3 is 5.97 Å². The van der Waals surface area contributed by atoms with E-state index in [1.54, 1.807) is 0 Å². The number of allylic oxidation sites excluding steroid dienone is 9. The van der Waals surface area contributed by atoms with Crippen molar-refractivity contribution >= 4 is 5.97 Å². The van der Waals surface area contributed by atoms with E-state index in [1.165, 1.54) is 36.0 Å². The summed E-state index contributed by atoms with van der Waals surface area (Å²) in [4.78, 5) is 11.5. The summed E-state index contributed by atoms with van der Waals surface area (Å²) >= 11 is 0. The number of ether oxygens (including phenoxy) is 1. The summed E-state index contributed by atoms with van der Waals surface area (Å²) in [5.74, 6) is 0.205. The summed E-state index contributed by atoms with van der Waals surface area (Å²) in [6.07, 6.45) is 16.9. The lowest BCUT2D eigenvalue weighted by Gasteiger charge is -2.32. The molecule has 0 fully saturated rings. The quantitative estimate of drug-likeness (QED) is 0.336. The summed E-state index contributed by atoms with van der Waals surface area (Å²) < 4.78 is 5.21. The largest absolute Gasteiger partial charge is 0.461 e. The summed E-state index contributed by atoms with van der Waals surface area (Å²) in [5, 5.41) is 0. The maximum atomic E-state index is 11.5. The number of rotatable bonds is 8. The summed E-state index contributed by atoms with van der Waals surface area (Å²) in [6.45, 7) is 15.5. The molecular weight excluding hydrogens is 332 g/mol. The average molecular weight is 371 g/mol. The Bertz CT molecular complexity index is 652. The molecule has 0 aromatic rings. The van der Waals surface area contributed by atoms with E-state index in [1.807, 2.05) is 32.9 Å². The first-order valence-electron chi connectivity index (χ1n) is 10.2. The Morgan fingerprint density at radius 2 is 1.89 bits per heavy atom. The normalized spacial score (nSPS) is 18.8. The fourth-order valence-corrected chi connectivity index (χ4v) is 3.36. The molecule has 0 saturated heterocycles. The van der Waals surface area contributed by atoms with E-state index in [2.05, 4.69) is 52.0 Å². The predicted molar refractivity (Wildman–Crippen MR) is 117 cm³/mol. The average Bonchev–Trinajstić information content (AvgIpc) is 2.53. The Balaban J connectivity index is 2.57. The first kappa shape index (κ1) is 23.2. The van der Waals surface area contributed by atoms with Gasteiger partial charge in [0, 0.05) is 6.42 Å². The molecule has 2 heteroatoms. The van der Waals surface area contributed by atoms with Gasteiger partial charge in [0.1, 0.15) is 6.61 Å². The number of esters is 1. The van der Waals surface area contributed by atoms with Gasteiger partial charge in [-0.1, -0.05) is 74.8 Å². The maximum Gasteiger partial charge on any atom is 0.306 e. The van der Waals surface area contributed by atoms with Crippen LogP contribution in [-0.2, 0) is 9.53 Å². The minimum Gasteiger partial charge on any atom is -0.461 e. The van der Waals surface area contributed by atoms with Crippen molar-refractivity contribution in [3.8, 4) is 0 Å². The molecule has 0 N–H and O–H groups in total. The van der Waals surface area contributed by atoms with Gasteiger partial charge in [-0.25, -0.2) is 0 Å². The zero-order valence-electron chi connectivity index (χ0n) is 18.4. The van der Waals surface area contributed by atoms with E-state index in [4.69, 9.17) is 4.74 Å². The van der Waals surface area contributed by atoms with Crippen molar-refractivity contribution in [1.29, 1.82) is 0 Å². The molecule has 0 aliphatic heterocycles. The van der Waals surface area contributed by atoms with E-state index >= 15 is 0 Å². The van der Waals surface area contributed by atoms with Gasteiger partial charge in [0.05, 0.1) is 0 Å². The van der Waals surface area contributed by atoms with Crippen LogP contribution in [0.1, 0.15) is 74.1 Å². The summed E-state index contributed by atoms with van der Waals surface area (Å²) in [5.41, 5.74) is 5.61. The standard InChI is InChI=1S/C25H38O2/c1-19(2)18-24(26)27-17-15-21(4)11-8-10-20(3)13-14-23-22(5)12-9-16-25(23,6)7/h8,10-11,13-15,19H,9,12,16-18H2,1-7H3. The highest BCUT2D eigenvalue weighted by Gasteiger charge is 2.26. The molecule has 0 saturated carbocycles. The first-order chi connectivity index (χ1) is 12.6. The molecule has 150 valence electrons. The third-order valence-corrected chi connectivity index (χ3v) is 5.00. The van der Waals surface area contributed by atoms with E-state index in [0.29, 0.717) is 18.9 Å². The molecule has 1 rings (SSSR count). The molecule has 0 unspecified atom stereocenters. The molecule has 0 aromatic carbocycles. The predicted octanol–water partition coefficient (Wildman–Crippen LogP) is 7.11. The zero-order chi connectivity index (χ0) is 20.4. The van der Waals surface area contributed by atoms with Gasteiger partial charge in [0.2, 0.25) is 0 Å². The van der Waals surface area contributed by atoms with Crippen LogP contribution in [0.2, 0.25) is 0 Å². The first-order valence-corrected chi connectivity index (χ1v) is 10.2. The smallest absolute Gasteiger partial charge is 0.306 e. The van der Waals surface area contributed by atoms with Crippen LogP contribution in [0.25, 0.3) is 0 Å². The maximum absolute atomic E-state index is 11.5. The summed E-state index contributed by atoms with van der Waals surface area (Å²) in [7, 11) is 0. The molecule has 0 aromatic heterocycles. The minimum atomic E-state index is -0.130. The topological polar surface area (TPSA) is 26.3 Å². The van der Waals surface area contributed by atoms with Crippen molar-refractivity contribution < 1.29 is 9.53 Å². The van der Waals surface area contributed by atoms with E-state index in [0.717, 1.165) is 5.57 Å². The van der Waals surface area contributed by atoms with Crippen LogP contribution in [-0.4, -0.2) is 12.6 Å². The van der Waals surface area contributed by atoms with Gasteiger partial charge < -0.3 is 4.74 Å². The van der Waals surface area contributed by atoms with Gasteiger partial charge in [-0.15, -0.1) is 0 Å². The Labute approximate surface area is 166 Å². The molecule has 0 heterocycles. The molecule has 0 atom stereocenters. The Kier molecular flexibility index (Phi) is 9.55. The van der Waals surface area contributed by atoms with Gasteiger partial charge in [-0.2, -0.15) is 0 Å². The van der Waals surface area contributed by atoms with Gasteiger partial charge in [-0.05, 0) is 63.0 Å². The number of carbonyl (C=O) groups excluding carboxylic acids is 1. The summed E-state index contributed by atoms with van der Waals surface area (Å²) in [6, 6.07) is 0. The fourth-order valence-electron chi connectivity index (χ4n) is 3.36. The third-order valence-electron chi connectivity index (χ3n) is 5.00. The lowest BCUT2D eigenvalue weighted by atomic mass is 9.72. The molecule has 2 nitrogen and oxygen atoms in total. The van der Waals surface area contributed by atoms with E-state index in [9.17, 15) is 4.79 Å². The molecule has 0 amide bonds. The highest BCUT2D eigenvalue weighted by atomic mass is 16.5. The molecule has 1 aliphatic rings. The lowest BCUT2D eigenvalue weighted by Crippen LogP contribution is -2.19.